The van der Waals surface area contributed by atoms with Gasteiger partial charge in [0.05, 0.1) is 6.10 Å². The average Bonchev–Trinajstić information content (AvgIpc) is 2.48. The number of rotatable bonds is 3. The fourth-order valence-corrected chi connectivity index (χ4v) is 3.58. The van der Waals surface area contributed by atoms with E-state index in [4.69, 9.17) is 4.74 Å². The molecule has 3 atom stereocenters. The molecule has 4 heteroatoms. The molecule has 20 heavy (non-hydrogen) atoms. The Morgan fingerprint density at radius 3 is 2.70 bits per heavy atom. The minimum Gasteiger partial charge on any atom is -0.379 e. The first-order chi connectivity index (χ1) is 9.46. The largest absolute Gasteiger partial charge is 0.379 e. The number of amides is 1. The van der Waals surface area contributed by atoms with Crippen LogP contribution in [-0.4, -0.2) is 50.2 Å². The maximum absolute atomic E-state index is 12.9. The average molecular weight is 282 g/mol. The summed E-state index contributed by atoms with van der Waals surface area (Å²) in [7, 11) is 1.76. The van der Waals surface area contributed by atoms with Crippen LogP contribution in [0.3, 0.4) is 0 Å². The molecule has 3 unspecified atom stereocenters. The third kappa shape index (κ3) is 3.17. The van der Waals surface area contributed by atoms with Gasteiger partial charge in [0, 0.05) is 25.6 Å². The monoisotopic (exact) mass is 282 g/mol. The zero-order valence-corrected chi connectivity index (χ0v) is 13.4. The summed E-state index contributed by atoms with van der Waals surface area (Å²) < 4.78 is 5.54. The number of nitrogens with one attached hydrogen (secondary N) is 1. The van der Waals surface area contributed by atoms with E-state index in [0.717, 1.165) is 39.0 Å². The lowest BCUT2D eigenvalue weighted by molar-refractivity contribution is -0.148. The molecule has 2 fully saturated rings. The molecule has 2 heterocycles. The Kier molecular flexibility index (Phi) is 5.08. The molecule has 0 aromatic heterocycles. The van der Waals surface area contributed by atoms with E-state index in [1.54, 1.807) is 7.11 Å². The van der Waals surface area contributed by atoms with Gasteiger partial charge in [0.25, 0.3) is 0 Å². The molecule has 4 nitrogen and oxygen atoms in total. The van der Waals surface area contributed by atoms with Gasteiger partial charge in [-0.25, -0.2) is 0 Å². The van der Waals surface area contributed by atoms with E-state index < -0.39 is 0 Å². The first kappa shape index (κ1) is 15.8. The van der Waals surface area contributed by atoms with Gasteiger partial charge in [-0.05, 0) is 44.2 Å². The summed E-state index contributed by atoms with van der Waals surface area (Å²) in [5.74, 6) is 1.30. The summed E-state index contributed by atoms with van der Waals surface area (Å²) in [5.41, 5.74) is -0.272. The van der Waals surface area contributed by atoms with E-state index in [2.05, 4.69) is 26.1 Å². The number of methoxy groups -OCH3 is 1. The number of carbonyl (C=O) groups excluding carboxylic acids is 1. The summed E-state index contributed by atoms with van der Waals surface area (Å²) in [6.07, 6.45) is 3.57. The minimum absolute atomic E-state index is 0.188. The molecule has 2 saturated heterocycles. The fourth-order valence-electron chi connectivity index (χ4n) is 3.58. The SMILES string of the molecule is COC1CN(C(=O)C(C)(C)C2CCCNC2)CCC1C. The van der Waals surface area contributed by atoms with Gasteiger partial charge < -0.3 is 15.0 Å². The second-order valence-corrected chi connectivity index (χ2v) is 7.06. The summed E-state index contributed by atoms with van der Waals surface area (Å²) in [6.45, 7) is 10.1. The number of nitrogens with zero attached hydrogens (tertiary/aromatic N) is 1. The molecular weight excluding hydrogens is 252 g/mol. The first-order valence-corrected chi connectivity index (χ1v) is 7.99. The summed E-state index contributed by atoms with van der Waals surface area (Å²) in [4.78, 5) is 15.0. The van der Waals surface area contributed by atoms with Crippen molar-refractivity contribution in [2.45, 2.75) is 46.1 Å². The first-order valence-electron chi connectivity index (χ1n) is 7.99. The number of piperidine rings is 2. The van der Waals surface area contributed by atoms with E-state index in [0.29, 0.717) is 17.7 Å². The quantitative estimate of drug-likeness (QED) is 0.859. The van der Waals surface area contributed by atoms with Gasteiger partial charge in [-0.2, -0.15) is 0 Å². The maximum Gasteiger partial charge on any atom is 0.228 e. The highest BCUT2D eigenvalue weighted by Crippen LogP contribution is 2.35. The smallest absolute Gasteiger partial charge is 0.228 e. The van der Waals surface area contributed by atoms with Crippen molar-refractivity contribution in [1.29, 1.82) is 0 Å². The zero-order valence-electron chi connectivity index (χ0n) is 13.4. The molecule has 0 saturated carbocycles. The van der Waals surface area contributed by atoms with Gasteiger partial charge in [0.15, 0.2) is 0 Å². The standard InChI is InChI=1S/C16H30N2O2/c1-12-7-9-18(11-14(12)20-4)15(19)16(2,3)13-6-5-8-17-10-13/h12-14,17H,5-11H2,1-4H3. The van der Waals surface area contributed by atoms with Crippen molar-refractivity contribution in [1.82, 2.24) is 10.2 Å². The van der Waals surface area contributed by atoms with Crippen LogP contribution < -0.4 is 5.32 Å². The summed E-state index contributed by atoms with van der Waals surface area (Å²) in [6, 6.07) is 0. The number of hydrogen-bond acceptors (Lipinski definition) is 3. The molecule has 0 bridgehead atoms. The Morgan fingerprint density at radius 2 is 2.10 bits per heavy atom. The molecule has 2 aliphatic heterocycles. The van der Waals surface area contributed by atoms with Gasteiger partial charge >= 0.3 is 0 Å². The van der Waals surface area contributed by atoms with Crippen LogP contribution in [0.5, 0.6) is 0 Å². The molecule has 1 amide bonds. The lowest BCUT2D eigenvalue weighted by Gasteiger charge is -2.43. The van der Waals surface area contributed by atoms with Crippen LogP contribution in [0.1, 0.15) is 40.0 Å². The van der Waals surface area contributed by atoms with E-state index in [1.807, 2.05) is 4.90 Å². The van der Waals surface area contributed by atoms with E-state index >= 15 is 0 Å². The van der Waals surface area contributed by atoms with Crippen molar-refractivity contribution in [3.63, 3.8) is 0 Å². The van der Waals surface area contributed by atoms with Crippen LogP contribution >= 0.6 is 0 Å². The van der Waals surface area contributed by atoms with Gasteiger partial charge in [0.2, 0.25) is 5.91 Å². The topological polar surface area (TPSA) is 41.6 Å². The lowest BCUT2D eigenvalue weighted by Crippen LogP contribution is -2.54. The van der Waals surface area contributed by atoms with Gasteiger partial charge in [-0.15, -0.1) is 0 Å². The Hall–Kier alpha value is -0.610. The Morgan fingerprint density at radius 1 is 1.35 bits per heavy atom. The van der Waals surface area contributed by atoms with E-state index in [9.17, 15) is 4.79 Å². The van der Waals surface area contributed by atoms with Crippen LogP contribution in [0.2, 0.25) is 0 Å². The Labute approximate surface area is 123 Å². The molecule has 2 rings (SSSR count). The Balaban J connectivity index is 2.01. The third-order valence-corrected chi connectivity index (χ3v) is 5.35. The predicted octanol–water partition coefficient (Wildman–Crippen LogP) is 1.90. The van der Waals surface area contributed by atoms with Crippen LogP contribution in [0.25, 0.3) is 0 Å². The predicted molar refractivity (Wildman–Crippen MR) is 80.5 cm³/mol. The molecule has 0 aromatic carbocycles. The highest BCUT2D eigenvalue weighted by Gasteiger charge is 2.41. The van der Waals surface area contributed by atoms with Crippen molar-refractivity contribution < 1.29 is 9.53 Å². The second kappa shape index (κ2) is 6.44. The van der Waals surface area contributed by atoms with Gasteiger partial charge in [-0.1, -0.05) is 20.8 Å². The summed E-state index contributed by atoms with van der Waals surface area (Å²) >= 11 is 0. The molecule has 0 aromatic rings. The van der Waals surface area contributed by atoms with Crippen molar-refractivity contribution in [2.24, 2.45) is 17.3 Å². The van der Waals surface area contributed by atoms with Crippen molar-refractivity contribution >= 4 is 5.91 Å². The number of hydrogen-bond donors (Lipinski definition) is 1. The van der Waals surface area contributed by atoms with Gasteiger partial charge in [0.1, 0.15) is 0 Å². The molecule has 1 N–H and O–H groups in total. The molecule has 116 valence electrons. The molecule has 0 spiro atoms. The van der Waals surface area contributed by atoms with Crippen LogP contribution in [0, 0.1) is 17.3 Å². The molecule has 0 aliphatic carbocycles. The van der Waals surface area contributed by atoms with Crippen LogP contribution in [0.4, 0.5) is 0 Å². The van der Waals surface area contributed by atoms with Crippen molar-refractivity contribution in [3.8, 4) is 0 Å². The second-order valence-electron chi connectivity index (χ2n) is 7.06. The Bertz CT molecular complexity index is 337. The van der Waals surface area contributed by atoms with Crippen molar-refractivity contribution in [3.05, 3.63) is 0 Å². The number of likely N-dealkylation sites (tertiary alicyclic amines) is 1. The lowest BCUT2D eigenvalue weighted by atomic mass is 9.73. The molecular formula is C16H30N2O2. The zero-order chi connectivity index (χ0) is 14.8. The normalized spacial score (nSPS) is 32.2. The van der Waals surface area contributed by atoms with E-state index in [1.165, 1.54) is 6.42 Å². The van der Waals surface area contributed by atoms with Gasteiger partial charge in [-0.3, -0.25) is 4.79 Å². The maximum atomic E-state index is 12.9. The van der Waals surface area contributed by atoms with Crippen molar-refractivity contribution in [2.75, 3.05) is 33.3 Å². The molecule has 0 radical (unpaired) electrons. The highest BCUT2D eigenvalue weighted by molar-refractivity contribution is 5.82. The summed E-state index contributed by atoms with van der Waals surface area (Å²) in [5, 5.41) is 3.43. The van der Waals surface area contributed by atoms with Crippen LogP contribution in [-0.2, 0) is 9.53 Å². The number of carbonyl (C=O) groups is 1. The fraction of sp³-hybridized carbons (Fsp3) is 0.938. The highest BCUT2D eigenvalue weighted by atomic mass is 16.5. The number of ether oxygens (including phenoxy) is 1. The van der Waals surface area contributed by atoms with E-state index in [-0.39, 0.29) is 11.5 Å². The minimum atomic E-state index is -0.272. The molecule has 2 aliphatic rings. The third-order valence-electron chi connectivity index (χ3n) is 5.35. The van der Waals surface area contributed by atoms with Crippen LogP contribution in [0.15, 0.2) is 0 Å².